The van der Waals surface area contributed by atoms with Crippen molar-refractivity contribution in [2.24, 2.45) is 0 Å². The molecule has 0 bridgehead atoms. The highest BCUT2D eigenvalue weighted by Crippen LogP contribution is 2.07. The summed E-state index contributed by atoms with van der Waals surface area (Å²) in [5, 5.41) is 11.9. The fraction of sp³-hybridized carbons (Fsp3) is 0.692. The molecule has 1 amide bonds. The van der Waals surface area contributed by atoms with Crippen molar-refractivity contribution < 1.29 is 19.4 Å². The molecule has 2 N–H and O–H groups in total. The van der Waals surface area contributed by atoms with E-state index in [1.165, 1.54) is 0 Å². The summed E-state index contributed by atoms with van der Waals surface area (Å²) in [5.41, 5.74) is 0. The van der Waals surface area contributed by atoms with Gasteiger partial charge < -0.3 is 20.1 Å². The van der Waals surface area contributed by atoms with Crippen LogP contribution in [-0.2, 0) is 14.3 Å². The molecule has 1 saturated heterocycles. The van der Waals surface area contributed by atoms with Crippen molar-refractivity contribution in [2.75, 3.05) is 32.8 Å². The molecule has 0 aliphatic carbocycles. The maximum atomic E-state index is 11.8. The molecule has 6 heteroatoms. The molecule has 0 radical (unpaired) electrons. The molecule has 0 aromatic carbocycles. The standard InChI is InChI=1S/C13H20N2O4/c1-2-8-15(10-13(17)18)12(16)5-9-19-11-3-6-14-7-4-11/h1,11,14H,3-10H2,(H,17,18). The van der Waals surface area contributed by atoms with Crippen molar-refractivity contribution in [3.05, 3.63) is 0 Å². The molecule has 106 valence electrons. The van der Waals surface area contributed by atoms with Crippen molar-refractivity contribution >= 4 is 11.9 Å². The largest absolute Gasteiger partial charge is 0.480 e. The van der Waals surface area contributed by atoms with E-state index in [1.807, 2.05) is 0 Å². The van der Waals surface area contributed by atoms with Gasteiger partial charge >= 0.3 is 5.97 Å². The molecule has 0 aromatic rings. The van der Waals surface area contributed by atoms with Crippen LogP contribution >= 0.6 is 0 Å². The maximum Gasteiger partial charge on any atom is 0.323 e. The van der Waals surface area contributed by atoms with Crippen molar-refractivity contribution in [3.8, 4) is 12.3 Å². The Labute approximate surface area is 113 Å². The van der Waals surface area contributed by atoms with E-state index in [1.54, 1.807) is 0 Å². The number of carbonyl (C=O) groups is 2. The number of terminal acetylenes is 1. The van der Waals surface area contributed by atoms with E-state index in [9.17, 15) is 9.59 Å². The summed E-state index contributed by atoms with van der Waals surface area (Å²) < 4.78 is 5.60. The minimum atomic E-state index is -1.07. The van der Waals surface area contributed by atoms with E-state index in [0.717, 1.165) is 30.8 Å². The van der Waals surface area contributed by atoms with Crippen molar-refractivity contribution in [1.29, 1.82) is 0 Å². The van der Waals surface area contributed by atoms with Crippen molar-refractivity contribution in [3.63, 3.8) is 0 Å². The Morgan fingerprint density at radius 2 is 2.11 bits per heavy atom. The molecule has 1 aliphatic heterocycles. The zero-order chi connectivity index (χ0) is 14.1. The van der Waals surface area contributed by atoms with Crippen molar-refractivity contribution in [1.82, 2.24) is 10.2 Å². The average molecular weight is 268 g/mol. The average Bonchev–Trinajstić information content (AvgIpc) is 2.39. The number of ether oxygens (including phenoxy) is 1. The van der Waals surface area contributed by atoms with Gasteiger partial charge in [-0.1, -0.05) is 5.92 Å². The quantitative estimate of drug-likeness (QED) is 0.619. The molecular formula is C13H20N2O4. The minimum Gasteiger partial charge on any atom is -0.480 e. The number of hydrogen-bond acceptors (Lipinski definition) is 4. The molecule has 1 fully saturated rings. The zero-order valence-corrected chi connectivity index (χ0v) is 10.9. The van der Waals surface area contributed by atoms with Crippen LogP contribution in [0.25, 0.3) is 0 Å². The minimum absolute atomic E-state index is 0.0124. The van der Waals surface area contributed by atoms with E-state index < -0.39 is 5.97 Å². The van der Waals surface area contributed by atoms with Gasteiger partial charge in [0.05, 0.1) is 25.7 Å². The van der Waals surface area contributed by atoms with Gasteiger partial charge in [-0.3, -0.25) is 9.59 Å². The van der Waals surface area contributed by atoms with Gasteiger partial charge in [0.1, 0.15) is 6.54 Å². The smallest absolute Gasteiger partial charge is 0.323 e. The van der Waals surface area contributed by atoms with Gasteiger partial charge in [-0.05, 0) is 25.9 Å². The third kappa shape index (κ3) is 6.22. The van der Waals surface area contributed by atoms with Crippen LogP contribution in [0.3, 0.4) is 0 Å². The molecule has 1 aliphatic rings. The lowest BCUT2D eigenvalue weighted by Gasteiger charge is -2.23. The first-order chi connectivity index (χ1) is 9.13. The molecule has 6 nitrogen and oxygen atoms in total. The van der Waals surface area contributed by atoms with Crippen LogP contribution in [0.4, 0.5) is 0 Å². The first-order valence-corrected chi connectivity index (χ1v) is 6.39. The lowest BCUT2D eigenvalue weighted by molar-refractivity contribution is -0.144. The lowest BCUT2D eigenvalue weighted by atomic mass is 10.1. The van der Waals surface area contributed by atoms with Crippen LogP contribution in [0.2, 0.25) is 0 Å². The third-order valence-electron chi connectivity index (χ3n) is 2.92. The molecule has 19 heavy (non-hydrogen) atoms. The third-order valence-corrected chi connectivity index (χ3v) is 2.92. The highest BCUT2D eigenvalue weighted by Gasteiger charge is 2.17. The molecule has 0 saturated carbocycles. The number of carbonyl (C=O) groups excluding carboxylic acids is 1. The van der Waals surface area contributed by atoms with E-state index in [4.69, 9.17) is 16.3 Å². The van der Waals surface area contributed by atoms with Crippen LogP contribution < -0.4 is 5.32 Å². The zero-order valence-electron chi connectivity index (χ0n) is 10.9. The highest BCUT2D eigenvalue weighted by atomic mass is 16.5. The number of rotatable bonds is 7. The number of carboxylic acids is 1. The summed E-state index contributed by atoms with van der Waals surface area (Å²) >= 11 is 0. The number of hydrogen-bond donors (Lipinski definition) is 2. The van der Waals surface area contributed by atoms with E-state index in [-0.39, 0.29) is 31.5 Å². The van der Waals surface area contributed by atoms with Crippen LogP contribution in [0, 0.1) is 12.3 Å². The van der Waals surface area contributed by atoms with Crippen LogP contribution in [0.15, 0.2) is 0 Å². The second-order valence-electron chi connectivity index (χ2n) is 4.42. The molecule has 0 atom stereocenters. The Kier molecular flexibility index (Phi) is 6.93. The van der Waals surface area contributed by atoms with Gasteiger partial charge in [-0.25, -0.2) is 0 Å². The van der Waals surface area contributed by atoms with Crippen LogP contribution in [-0.4, -0.2) is 60.8 Å². The summed E-state index contributed by atoms with van der Waals surface area (Å²) in [6.07, 6.45) is 7.35. The van der Waals surface area contributed by atoms with Gasteiger partial charge in [0.25, 0.3) is 0 Å². The molecule has 1 heterocycles. The Morgan fingerprint density at radius 1 is 1.42 bits per heavy atom. The van der Waals surface area contributed by atoms with Crippen LogP contribution in [0.5, 0.6) is 0 Å². The monoisotopic (exact) mass is 268 g/mol. The maximum absolute atomic E-state index is 11.8. The molecule has 0 spiro atoms. The van der Waals surface area contributed by atoms with E-state index in [0.29, 0.717) is 6.61 Å². The topological polar surface area (TPSA) is 78.9 Å². The van der Waals surface area contributed by atoms with Crippen molar-refractivity contribution in [2.45, 2.75) is 25.4 Å². The Morgan fingerprint density at radius 3 is 2.68 bits per heavy atom. The van der Waals surface area contributed by atoms with Gasteiger partial charge in [-0.2, -0.15) is 0 Å². The summed E-state index contributed by atoms with van der Waals surface area (Å²) in [5.74, 6) is 0.937. The highest BCUT2D eigenvalue weighted by molar-refractivity contribution is 5.81. The van der Waals surface area contributed by atoms with Gasteiger partial charge in [0.15, 0.2) is 0 Å². The number of aliphatic carboxylic acids is 1. The Bertz CT molecular complexity index is 345. The second-order valence-corrected chi connectivity index (χ2v) is 4.42. The first kappa shape index (κ1) is 15.5. The van der Waals surface area contributed by atoms with E-state index >= 15 is 0 Å². The SMILES string of the molecule is C#CCN(CC(=O)O)C(=O)CCOC1CCNCC1. The molecule has 0 aromatic heterocycles. The Balaban J connectivity index is 2.27. The normalized spacial score (nSPS) is 15.7. The summed E-state index contributed by atoms with van der Waals surface area (Å²) in [6, 6.07) is 0. The predicted molar refractivity (Wildman–Crippen MR) is 69.5 cm³/mol. The molecular weight excluding hydrogens is 248 g/mol. The lowest BCUT2D eigenvalue weighted by Crippen LogP contribution is -2.37. The summed E-state index contributed by atoms with van der Waals surface area (Å²) in [4.78, 5) is 23.5. The predicted octanol–water partition coefficient (Wildman–Crippen LogP) is -0.308. The number of carboxylic acid groups (broad SMARTS) is 1. The summed E-state index contributed by atoms with van der Waals surface area (Å²) in [6.45, 7) is 1.82. The van der Waals surface area contributed by atoms with Gasteiger partial charge in [-0.15, -0.1) is 6.42 Å². The molecule has 0 unspecified atom stereocenters. The van der Waals surface area contributed by atoms with Gasteiger partial charge in [0.2, 0.25) is 5.91 Å². The Hall–Kier alpha value is -1.58. The fourth-order valence-electron chi connectivity index (χ4n) is 1.94. The fourth-order valence-corrected chi connectivity index (χ4v) is 1.94. The first-order valence-electron chi connectivity index (χ1n) is 6.39. The number of nitrogens with one attached hydrogen (secondary N) is 1. The molecule has 1 rings (SSSR count). The summed E-state index contributed by atoms with van der Waals surface area (Å²) in [7, 11) is 0. The van der Waals surface area contributed by atoms with Crippen LogP contribution in [0.1, 0.15) is 19.3 Å². The van der Waals surface area contributed by atoms with Gasteiger partial charge in [0, 0.05) is 0 Å². The van der Waals surface area contributed by atoms with E-state index in [2.05, 4.69) is 11.2 Å². The second kappa shape index (κ2) is 8.51. The number of nitrogens with zero attached hydrogens (tertiary/aromatic N) is 1. The number of amides is 1. The number of piperidine rings is 1.